The van der Waals surface area contributed by atoms with Crippen molar-refractivity contribution >= 4 is 0 Å². The van der Waals surface area contributed by atoms with Crippen LogP contribution in [0.4, 0.5) is 0 Å². The Bertz CT molecular complexity index is 107. The third-order valence-electron chi connectivity index (χ3n) is 2.19. The zero-order valence-electron chi connectivity index (χ0n) is 6.28. The minimum atomic E-state index is -1.56. The Balaban J connectivity index is 2.76. The van der Waals surface area contributed by atoms with Crippen LogP contribution in [0.2, 0.25) is 0 Å². The molecule has 6 nitrogen and oxygen atoms in total. The minimum absolute atomic E-state index is 1.14. The van der Waals surface area contributed by atoms with Gasteiger partial charge in [-0.1, -0.05) is 0 Å². The first-order valence-corrected chi connectivity index (χ1v) is 3.62. The summed E-state index contributed by atoms with van der Waals surface area (Å²) in [5.41, 5.74) is 5.23. The molecule has 6 heteroatoms. The summed E-state index contributed by atoms with van der Waals surface area (Å²) in [4.78, 5) is 0. The molecule has 0 heterocycles. The maximum Gasteiger partial charge on any atom is 0.111 e. The second kappa shape index (κ2) is 3.25. The van der Waals surface area contributed by atoms with Gasteiger partial charge in [0.1, 0.15) is 30.5 Å². The molecule has 4 atom stereocenters. The number of aliphatic hydroxyl groups excluding tert-OH is 5. The van der Waals surface area contributed by atoms with E-state index in [2.05, 4.69) is 0 Å². The molecule has 1 rings (SSSR count). The summed E-state index contributed by atoms with van der Waals surface area (Å²) in [5.74, 6) is 0. The quantitative estimate of drug-likeness (QED) is 0.226. The number of hydrogen-bond acceptors (Lipinski definition) is 6. The fourth-order valence-electron chi connectivity index (χ4n) is 1.26. The molecule has 1 aliphatic carbocycles. The fourth-order valence-corrected chi connectivity index (χ4v) is 1.26. The minimum Gasteiger partial charge on any atom is -0.389 e. The molecule has 0 bridgehead atoms. The SMILES string of the molecule is NC1[C@@H](O)[C@@H](O)C(O)[C@H](O)[C@@H]1O. The second-order valence-corrected chi connectivity index (χ2v) is 3.03. The molecule has 0 aromatic heterocycles. The highest BCUT2D eigenvalue weighted by Gasteiger charge is 2.46. The molecule has 0 radical (unpaired) electrons. The van der Waals surface area contributed by atoms with Gasteiger partial charge >= 0.3 is 0 Å². The molecule has 72 valence electrons. The van der Waals surface area contributed by atoms with Gasteiger partial charge in [0, 0.05) is 0 Å². The largest absolute Gasteiger partial charge is 0.389 e. The molecule has 7 N–H and O–H groups in total. The molecule has 0 amide bonds. The van der Waals surface area contributed by atoms with Crippen LogP contribution < -0.4 is 5.73 Å². The van der Waals surface area contributed by atoms with Crippen LogP contribution in [0.25, 0.3) is 0 Å². The van der Waals surface area contributed by atoms with Crippen LogP contribution in [-0.2, 0) is 0 Å². The lowest BCUT2D eigenvalue weighted by Gasteiger charge is -2.40. The lowest BCUT2D eigenvalue weighted by atomic mass is 9.84. The first kappa shape index (κ1) is 9.85. The van der Waals surface area contributed by atoms with Crippen molar-refractivity contribution in [2.45, 2.75) is 36.6 Å². The van der Waals surface area contributed by atoms with Gasteiger partial charge in [0.2, 0.25) is 0 Å². The average Bonchev–Trinajstić information content (AvgIpc) is 2.08. The first-order chi connectivity index (χ1) is 5.46. The molecular weight excluding hydrogens is 166 g/mol. The van der Waals surface area contributed by atoms with Crippen molar-refractivity contribution in [1.82, 2.24) is 0 Å². The Kier molecular flexibility index (Phi) is 2.67. The van der Waals surface area contributed by atoms with Gasteiger partial charge in [-0.3, -0.25) is 0 Å². The third kappa shape index (κ3) is 1.33. The van der Waals surface area contributed by atoms with Crippen molar-refractivity contribution in [3.63, 3.8) is 0 Å². The highest BCUT2D eigenvalue weighted by Crippen LogP contribution is 2.19. The molecular formula is C6H13NO5. The van der Waals surface area contributed by atoms with E-state index >= 15 is 0 Å². The van der Waals surface area contributed by atoms with Crippen molar-refractivity contribution < 1.29 is 25.5 Å². The van der Waals surface area contributed by atoms with Crippen LogP contribution in [0.1, 0.15) is 0 Å². The molecule has 0 spiro atoms. The molecule has 0 unspecified atom stereocenters. The van der Waals surface area contributed by atoms with E-state index in [1.165, 1.54) is 0 Å². The van der Waals surface area contributed by atoms with Crippen molar-refractivity contribution in [1.29, 1.82) is 0 Å². The molecule has 0 aliphatic heterocycles. The van der Waals surface area contributed by atoms with Crippen LogP contribution in [0, 0.1) is 0 Å². The van der Waals surface area contributed by atoms with Gasteiger partial charge in [-0.15, -0.1) is 0 Å². The third-order valence-corrected chi connectivity index (χ3v) is 2.19. The Labute approximate surface area is 68.9 Å². The predicted molar refractivity (Wildman–Crippen MR) is 38.0 cm³/mol. The van der Waals surface area contributed by atoms with E-state index in [0.29, 0.717) is 0 Å². The Morgan fingerprint density at radius 1 is 0.583 bits per heavy atom. The topological polar surface area (TPSA) is 127 Å². The summed E-state index contributed by atoms with van der Waals surface area (Å²) in [6, 6.07) is -1.14. The maximum atomic E-state index is 9.10. The monoisotopic (exact) mass is 179 g/mol. The Morgan fingerprint density at radius 2 is 0.833 bits per heavy atom. The molecule has 0 aromatic rings. The van der Waals surface area contributed by atoms with Crippen LogP contribution in [0.5, 0.6) is 0 Å². The highest BCUT2D eigenvalue weighted by molar-refractivity contribution is 5.00. The lowest BCUT2D eigenvalue weighted by Crippen LogP contribution is -2.66. The van der Waals surface area contributed by atoms with Gasteiger partial charge in [-0.2, -0.15) is 0 Å². The average molecular weight is 179 g/mol. The van der Waals surface area contributed by atoms with Crippen molar-refractivity contribution in [2.75, 3.05) is 0 Å². The normalized spacial score (nSPS) is 55.5. The van der Waals surface area contributed by atoms with E-state index in [1.54, 1.807) is 0 Å². The lowest BCUT2D eigenvalue weighted by molar-refractivity contribution is -0.184. The Hall–Kier alpha value is -0.240. The highest BCUT2D eigenvalue weighted by atomic mass is 16.4. The molecule has 1 aliphatic rings. The molecule has 0 aromatic carbocycles. The molecule has 12 heavy (non-hydrogen) atoms. The maximum absolute atomic E-state index is 9.10. The molecule has 0 saturated heterocycles. The summed E-state index contributed by atoms with van der Waals surface area (Å²) >= 11 is 0. The van der Waals surface area contributed by atoms with Gasteiger partial charge in [-0.05, 0) is 0 Å². The van der Waals surface area contributed by atoms with E-state index in [9.17, 15) is 0 Å². The zero-order valence-corrected chi connectivity index (χ0v) is 6.28. The second-order valence-electron chi connectivity index (χ2n) is 3.03. The van der Waals surface area contributed by atoms with Crippen LogP contribution >= 0.6 is 0 Å². The van der Waals surface area contributed by atoms with E-state index in [-0.39, 0.29) is 0 Å². The first-order valence-electron chi connectivity index (χ1n) is 3.62. The van der Waals surface area contributed by atoms with Gasteiger partial charge in [0.25, 0.3) is 0 Å². The number of aliphatic hydroxyl groups is 5. The van der Waals surface area contributed by atoms with Gasteiger partial charge in [0.05, 0.1) is 6.04 Å². The smallest absolute Gasteiger partial charge is 0.111 e. The predicted octanol–water partition coefficient (Wildman–Crippen LogP) is -3.87. The fraction of sp³-hybridized carbons (Fsp3) is 1.00. The summed E-state index contributed by atoms with van der Waals surface area (Å²) in [6.07, 6.45) is -7.43. The van der Waals surface area contributed by atoms with E-state index < -0.39 is 36.6 Å². The van der Waals surface area contributed by atoms with E-state index in [4.69, 9.17) is 31.3 Å². The summed E-state index contributed by atoms with van der Waals surface area (Å²) in [5, 5.41) is 45.3. The summed E-state index contributed by atoms with van der Waals surface area (Å²) < 4.78 is 0. The van der Waals surface area contributed by atoms with Crippen LogP contribution in [-0.4, -0.2) is 62.1 Å². The van der Waals surface area contributed by atoms with Gasteiger partial charge in [-0.25, -0.2) is 0 Å². The van der Waals surface area contributed by atoms with Gasteiger partial charge in [0.15, 0.2) is 0 Å². The molecule has 1 saturated carbocycles. The van der Waals surface area contributed by atoms with Gasteiger partial charge < -0.3 is 31.3 Å². The van der Waals surface area contributed by atoms with Crippen molar-refractivity contribution in [2.24, 2.45) is 5.73 Å². The van der Waals surface area contributed by atoms with Crippen molar-refractivity contribution in [3.05, 3.63) is 0 Å². The number of nitrogens with two attached hydrogens (primary N) is 1. The number of hydrogen-bond donors (Lipinski definition) is 6. The van der Waals surface area contributed by atoms with E-state index in [1.807, 2.05) is 0 Å². The standard InChI is InChI=1S/C6H13NO5/c7-1-2(8)4(10)6(12)5(11)3(1)9/h1-6,8-12H,7H2/t1?,2-,3-,4-,5-,6?/m1/s1. The van der Waals surface area contributed by atoms with Crippen LogP contribution in [0.15, 0.2) is 0 Å². The Morgan fingerprint density at radius 3 is 1.17 bits per heavy atom. The van der Waals surface area contributed by atoms with E-state index in [0.717, 1.165) is 0 Å². The van der Waals surface area contributed by atoms with Crippen molar-refractivity contribution in [3.8, 4) is 0 Å². The number of rotatable bonds is 0. The zero-order chi connectivity index (χ0) is 9.46. The molecule has 1 fully saturated rings. The summed E-state index contributed by atoms with van der Waals surface area (Å²) in [6.45, 7) is 0. The van der Waals surface area contributed by atoms with Crippen LogP contribution in [0.3, 0.4) is 0 Å². The summed E-state index contributed by atoms with van der Waals surface area (Å²) in [7, 11) is 0.